The van der Waals surface area contributed by atoms with Crippen molar-refractivity contribution in [3.05, 3.63) is 67.3 Å². The van der Waals surface area contributed by atoms with Gasteiger partial charge in [0.25, 0.3) is 0 Å². The lowest BCUT2D eigenvalue weighted by atomic mass is 10.1. The third-order valence-corrected chi connectivity index (χ3v) is 7.35. The van der Waals surface area contributed by atoms with Crippen LogP contribution in [0.4, 0.5) is 17.6 Å². The monoisotopic (exact) mass is 500 g/mol. The highest BCUT2D eigenvalue weighted by Crippen LogP contribution is 2.34. The van der Waals surface area contributed by atoms with E-state index in [2.05, 4.69) is 46.8 Å². The number of hydrogen-bond acceptors (Lipinski definition) is 2. The molecule has 0 bridgehead atoms. The lowest BCUT2D eigenvalue weighted by Crippen LogP contribution is -2.01. The van der Waals surface area contributed by atoms with Crippen LogP contribution in [-0.2, 0) is 6.42 Å². The fourth-order valence-corrected chi connectivity index (χ4v) is 5.09. The van der Waals surface area contributed by atoms with Gasteiger partial charge in [0.05, 0.1) is 9.35 Å². The summed E-state index contributed by atoms with van der Waals surface area (Å²) in [5.41, 5.74) is -0.913. The number of aryl methyl sites for hydroxylation is 1. The van der Waals surface area contributed by atoms with E-state index in [0.717, 1.165) is 16.2 Å². The average Bonchev–Trinajstić information content (AvgIpc) is 3.37. The minimum absolute atomic E-state index is 0.556. The lowest BCUT2D eigenvalue weighted by Gasteiger charge is -2.03. The van der Waals surface area contributed by atoms with Gasteiger partial charge in [-0.25, -0.2) is 17.6 Å². The Morgan fingerprint density at radius 2 is 1.45 bits per heavy atom. The van der Waals surface area contributed by atoms with Gasteiger partial charge in [-0.1, -0.05) is 38.0 Å². The second kappa shape index (κ2) is 9.92. The molecule has 0 atom stereocenters. The molecule has 0 fully saturated rings. The van der Waals surface area contributed by atoms with Crippen LogP contribution in [0.5, 0.6) is 0 Å². The van der Waals surface area contributed by atoms with E-state index in [4.69, 9.17) is 0 Å². The van der Waals surface area contributed by atoms with Crippen LogP contribution in [0.25, 0.3) is 9.75 Å². The Labute approximate surface area is 183 Å². The zero-order chi connectivity index (χ0) is 21.0. The Hall–Kier alpha value is -1.62. The molecule has 152 valence electrons. The van der Waals surface area contributed by atoms with Crippen molar-refractivity contribution in [1.29, 1.82) is 0 Å². The quantitative estimate of drug-likeness (QED) is 0.105. The number of rotatable bonds is 6. The summed E-state index contributed by atoms with van der Waals surface area (Å²) < 4.78 is 54.2. The van der Waals surface area contributed by atoms with Gasteiger partial charge in [0, 0.05) is 14.6 Å². The molecule has 0 saturated carbocycles. The molecule has 0 radical (unpaired) electrons. The fourth-order valence-electron chi connectivity index (χ4n) is 2.75. The molecule has 0 unspecified atom stereocenters. The van der Waals surface area contributed by atoms with Gasteiger partial charge in [-0.3, -0.25) is 0 Å². The van der Waals surface area contributed by atoms with E-state index in [0.29, 0.717) is 4.88 Å². The van der Waals surface area contributed by atoms with Crippen LogP contribution >= 0.6 is 38.6 Å². The van der Waals surface area contributed by atoms with Crippen molar-refractivity contribution in [1.82, 2.24) is 0 Å². The highest BCUT2D eigenvalue weighted by molar-refractivity contribution is 9.10. The molecule has 29 heavy (non-hydrogen) atoms. The van der Waals surface area contributed by atoms with Crippen molar-refractivity contribution >= 4 is 38.6 Å². The average molecular weight is 501 g/mol. The molecule has 3 aromatic rings. The molecular formula is C22H17BrF4S2. The number of halogens is 5. The second-order valence-corrected chi connectivity index (χ2v) is 9.48. The first-order valence-electron chi connectivity index (χ1n) is 9.14. The smallest absolute Gasteiger partial charge is 0.178 e. The Bertz CT molecular complexity index is 1040. The molecule has 0 aliphatic carbocycles. The second-order valence-electron chi connectivity index (χ2n) is 6.44. The summed E-state index contributed by atoms with van der Waals surface area (Å²) >= 11 is 5.58. The molecule has 3 rings (SSSR count). The SMILES string of the molecule is CCCCCCc1ccc(-c2ccc(C#Cc3c(F)c(F)c(Br)c(F)c3F)s2)s1. The Morgan fingerprint density at radius 3 is 2.14 bits per heavy atom. The molecule has 1 aromatic carbocycles. The van der Waals surface area contributed by atoms with Crippen molar-refractivity contribution in [3.8, 4) is 21.6 Å². The predicted molar refractivity (Wildman–Crippen MR) is 115 cm³/mol. The zero-order valence-corrected chi connectivity index (χ0v) is 18.8. The van der Waals surface area contributed by atoms with Gasteiger partial charge in [-0.15, -0.1) is 22.7 Å². The summed E-state index contributed by atoms with van der Waals surface area (Å²) in [7, 11) is 0. The predicted octanol–water partition coefficient (Wildman–Crippen LogP) is 8.32. The lowest BCUT2D eigenvalue weighted by molar-refractivity contribution is 0.443. The molecule has 0 N–H and O–H groups in total. The van der Waals surface area contributed by atoms with E-state index >= 15 is 0 Å². The maximum atomic E-state index is 13.9. The van der Waals surface area contributed by atoms with Gasteiger partial charge in [0.2, 0.25) is 0 Å². The molecule has 0 aliphatic rings. The third-order valence-electron chi connectivity index (χ3n) is 4.31. The summed E-state index contributed by atoms with van der Waals surface area (Å²) in [6.45, 7) is 2.19. The molecule has 0 amide bonds. The highest BCUT2D eigenvalue weighted by Gasteiger charge is 2.23. The first kappa shape index (κ1) is 22.1. The normalized spacial score (nSPS) is 10.8. The third kappa shape index (κ3) is 5.11. The van der Waals surface area contributed by atoms with Gasteiger partial charge in [-0.2, -0.15) is 0 Å². The largest absolute Gasteiger partial charge is 0.202 e. The van der Waals surface area contributed by atoms with E-state index in [9.17, 15) is 17.6 Å². The Morgan fingerprint density at radius 1 is 0.793 bits per heavy atom. The molecule has 0 saturated heterocycles. The van der Waals surface area contributed by atoms with E-state index < -0.39 is 33.3 Å². The first-order chi connectivity index (χ1) is 13.9. The fraction of sp³-hybridized carbons (Fsp3) is 0.273. The molecule has 2 heterocycles. The summed E-state index contributed by atoms with van der Waals surface area (Å²) in [6, 6.07) is 7.79. The van der Waals surface area contributed by atoms with E-state index in [1.165, 1.54) is 41.9 Å². The van der Waals surface area contributed by atoms with Crippen molar-refractivity contribution in [2.75, 3.05) is 0 Å². The number of thiophene rings is 2. The van der Waals surface area contributed by atoms with Gasteiger partial charge in [0.1, 0.15) is 5.56 Å². The first-order valence-corrected chi connectivity index (χ1v) is 11.6. The number of benzene rings is 1. The van der Waals surface area contributed by atoms with Crippen molar-refractivity contribution in [2.45, 2.75) is 39.0 Å². The Kier molecular flexibility index (Phi) is 7.55. The summed E-state index contributed by atoms with van der Waals surface area (Å²) in [5, 5.41) is 0. The van der Waals surface area contributed by atoms with E-state index in [1.807, 2.05) is 6.07 Å². The molecule has 0 nitrogen and oxygen atoms in total. The minimum atomic E-state index is -1.51. The van der Waals surface area contributed by atoms with E-state index in [-0.39, 0.29) is 0 Å². The van der Waals surface area contributed by atoms with Crippen LogP contribution in [0.1, 0.15) is 47.9 Å². The van der Waals surface area contributed by atoms with Crippen LogP contribution in [0, 0.1) is 35.1 Å². The molecular weight excluding hydrogens is 484 g/mol. The zero-order valence-electron chi connectivity index (χ0n) is 15.6. The minimum Gasteiger partial charge on any atom is -0.202 e. The number of hydrogen-bond donors (Lipinski definition) is 0. The van der Waals surface area contributed by atoms with Crippen molar-refractivity contribution in [3.63, 3.8) is 0 Å². The summed E-state index contributed by atoms with van der Waals surface area (Å²) in [6.07, 6.45) is 5.92. The topological polar surface area (TPSA) is 0 Å². The van der Waals surface area contributed by atoms with Crippen LogP contribution in [0.3, 0.4) is 0 Å². The van der Waals surface area contributed by atoms with Crippen LogP contribution < -0.4 is 0 Å². The van der Waals surface area contributed by atoms with Crippen molar-refractivity contribution in [2.24, 2.45) is 0 Å². The summed E-state index contributed by atoms with van der Waals surface area (Å²) in [5.74, 6) is -1.17. The van der Waals surface area contributed by atoms with Crippen LogP contribution in [0.2, 0.25) is 0 Å². The molecule has 0 aliphatic heterocycles. The summed E-state index contributed by atoms with van der Waals surface area (Å²) in [4.78, 5) is 3.97. The molecule has 7 heteroatoms. The van der Waals surface area contributed by atoms with Gasteiger partial charge in [0.15, 0.2) is 23.3 Å². The van der Waals surface area contributed by atoms with Gasteiger partial charge < -0.3 is 0 Å². The number of unbranched alkanes of at least 4 members (excludes halogenated alkanes) is 3. The van der Waals surface area contributed by atoms with Crippen LogP contribution in [0.15, 0.2) is 28.7 Å². The molecule has 2 aromatic heterocycles. The van der Waals surface area contributed by atoms with E-state index in [1.54, 1.807) is 17.4 Å². The molecule has 0 spiro atoms. The van der Waals surface area contributed by atoms with Crippen molar-refractivity contribution < 1.29 is 17.6 Å². The maximum absolute atomic E-state index is 13.9. The Balaban J connectivity index is 1.77. The van der Waals surface area contributed by atoms with Gasteiger partial charge in [-0.05, 0) is 53.0 Å². The maximum Gasteiger partial charge on any atom is 0.178 e. The standard InChI is InChI=1S/C22H17BrF4S2/c1-2-3-4-5-6-13-8-11-16(28-13)17-12-9-14(29-17)7-10-15-19(24)21(26)18(23)22(27)20(15)25/h8-9,11-12H,2-6H2,1H3. The van der Waals surface area contributed by atoms with Crippen LogP contribution in [-0.4, -0.2) is 0 Å². The highest BCUT2D eigenvalue weighted by atomic mass is 79.9. The van der Waals surface area contributed by atoms with Gasteiger partial charge >= 0.3 is 0 Å².